The maximum absolute atomic E-state index is 6.45. The summed E-state index contributed by atoms with van der Waals surface area (Å²) in [4.78, 5) is 0. The number of rotatable bonds is 12. The Kier molecular flexibility index (Phi) is 19.1. The van der Waals surface area contributed by atoms with E-state index >= 15 is 0 Å². The minimum atomic E-state index is -0.726. The van der Waals surface area contributed by atoms with Gasteiger partial charge in [-0.05, 0) is 179 Å². The van der Waals surface area contributed by atoms with E-state index < -0.39 is 17.6 Å². The Labute approximate surface area is 593 Å². The first-order valence-corrected chi connectivity index (χ1v) is 37.1. The van der Waals surface area contributed by atoms with Crippen LogP contribution in [0.3, 0.4) is 0 Å². The molecule has 95 heavy (non-hydrogen) atoms. The summed E-state index contributed by atoms with van der Waals surface area (Å²) in [6.07, 6.45) is 8.36. The molecule has 4 heterocycles. The van der Waals surface area contributed by atoms with Crippen molar-refractivity contribution in [3.05, 3.63) is 310 Å². The molecule has 14 aromatic rings. The molecular weight excluding hydrogens is 1320 g/mol. The molecule has 466 valence electrons. The number of halogens is 2. The summed E-state index contributed by atoms with van der Waals surface area (Å²) in [6.45, 7) is 22.7. The van der Waals surface area contributed by atoms with Gasteiger partial charge in [-0.15, -0.1) is 56.9 Å². The van der Waals surface area contributed by atoms with E-state index in [1.165, 1.54) is 143 Å². The Bertz CT molecular complexity index is 4830. The SMILES string of the molecule is Cc1ccc(C2=Cc3c(ccc(C)c3-c3ccccc3)C2c2c(-c3ccco3)[cH-]c3cc([Si](C)C)c(C)c(-c4ccccc4)c23)o1.Cc1ccc(C2=Cc3c(ccc(C)c3-c3ccccc3)C2c2c(-c3ccco3)[cH-]c3cc([Si](C)C)c(C)c(-c4ccccc4)c23)o1.[Cl-].[Cl-].[Zr+4]. The quantitative estimate of drug-likeness (QED) is 0.0904. The second kappa shape index (κ2) is 27.3. The monoisotopic (exact) mass is 1380 g/mol. The third-order valence-corrected chi connectivity index (χ3v) is 22.5. The normalized spacial score (nSPS) is 13.9. The molecule has 10 aromatic carbocycles. The van der Waals surface area contributed by atoms with Gasteiger partial charge in [-0.2, -0.15) is 0 Å². The van der Waals surface area contributed by atoms with Gasteiger partial charge in [0.25, 0.3) is 0 Å². The van der Waals surface area contributed by atoms with Crippen LogP contribution in [0.5, 0.6) is 0 Å². The first-order valence-electron chi connectivity index (χ1n) is 32.1. The number of hydrogen-bond donors (Lipinski definition) is 0. The van der Waals surface area contributed by atoms with Crippen molar-refractivity contribution in [1.82, 2.24) is 0 Å². The Morgan fingerprint density at radius 1 is 0.368 bits per heavy atom. The van der Waals surface area contributed by atoms with Crippen LogP contribution >= 0.6 is 0 Å². The number of benzene rings is 8. The van der Waals surface area contributed by atoms with Gasteiger partial charge in [-0.1, -0.05) is 217 Å². The number of furan rings is 4. The summed E-state index contributed by atoms with van der Waals surface area (Å²) in [5.41, 5.74) is 27.8. The van der Waals surface area contributed by atoms with Crippen LogP contribution < -0.4 is 35.2 Å². The van der Waals surface area contributed by atoms with Crippen LogP contribution in [-0.4, -0.2) is 17.6 Å². The van der Waals surface area contributed by atoms with Crippen molar-refractivity contribution >= 4 is 72.8 Å². The third-order valence-electron chi connectivity index (χ3n) is 19.3. The second-order valence-electron chi connectivity index (χ2n) is 25.5. The van der Waals surface area contributed by atoms with Gasteiger partial charge in [0.05, 0.1) is 41.6 Å². The van der Waals surface area contributed by atoms with E-state index in [0.29, 0.717) is 0 Å². The number of aryl methyl sites for hydroxylation is 4. The van der Waals surface area contributed by atoms with Gasteiger partial charge >= 0.3 is 26.2 Å². The average Bonchev–Trinajstić information content (AvgIpc) is 1.57. The molecule has 4 aromatic heterocycles. The summed E-state index contributed by atoms with van der Waals surface area (Å²) >= 11 is 0. The molecule has 2 atom stereocenters. The van der Waals surface area contributed by atoms with Gasteiger partial charge in [0.2, 0.25) is 0 Å². The molecular formula is C86H72Cl2O4Si2Zr. The van der Waals surface area contributed by atoms with Crippen molar-refractivity contribution < 1.29 is 68.7 Å². The number of fused-ring (bicyclic) bond motifs is 4. The first kappa shape index (κ1) is 66.5. The van der Waals surface area contributed by atoms with Crippen LogP contribution in [0.4, 0.5) is 0 Å². The fourth-order valence-corrected chi connectivity index (χ4v) is 17.9. The van der Waals surface area contributed by atoms with Crippen LogP contribution in [0.1, 0.15) is 90.5 Å². The molecule has 0 N–H and O–H groups in total. The van der Waals surface area contributed by atoms with Crippen molar-refractivity contribution in [2.75, 3.05) is 0 Å². The molecule has 2 radical (unpaired) electrons. The number of allylic oxidation sites excluding steroid dienone is 2. The Morgan fingerprint density at radius 2 is 0.716 bits per heavy atom. The van der Waals surface area contributed by atoms with Gasteiger partial charge in [-0.25, -0.2) is 0 Å². The maximum atomic E-state index is 6.45. The van der Waals surface area contributed by atoms with E-state index in [9.17, 15) is 0 Å². The Morgan fingerprint density at radius 3 is 1.02 bits per heavy atom. The maximum Gasteiger partial charge on any atom is 4.00 e. The van der Waals surface area contributed by atoms with Gasteiger partial charge in [0.15, 0.2) is 0 Å². The third kappa shape index (κ3) is 11.7. The van der Waals surface area contributed by atoms with Gasteiger partial charge in [-0.3, -0.25) is 0 Å². The molecule has 4 nitrogen and oxygen atoms in total. The molecule has 0 saturated carbocycles. The molecule has 0 fully saturated rings. The van der Waals surface area contributed by atoms with E-state index in [2.05, 4.69) is 272 Å². The van der Waals surface area contributed by atoms with Crippen molar-refractivity contribution in [1.29, 1.82) is 0 Å². The number of hydrogen-bond acceptors (Lipinski definition) is 4. The summed E-state index contributed by atoms with van der Waals surface area (Å²) in [5, 5.41) is 8.10. The molecule has 0 aliphatic heterocycles. The largest absolute Gasteiger partial charge is 4.00 e. The van der Waals surface area contributed by atoms with E-state index in [-0.39, 0.29) is 62.9 Å². The van der Waals surface area contributed by atoms with Crippen molar-refractivity contribution in [3.63, 3.8) is 0 Å². The standard InChI is InChI=1S/2C43H36O2Si.2ClH.Zr/c2*1-26-18-20-32-33(39(26)29-13-8-6-9-14-29)25-35(37-21-19-27(2)45-37)42(32)43-34(36-17-12-22-44-36)23-31-24-38(46(4)5)28(3)40(41(31)43)30-15-10-7-11-16-30;;;/h2*6-25,42H,1-5H3;2*1H;/q2*-1;;;+4/p-2. The summed E-state index contributed by atoms with van der Waals surface area (Å²) in [5.74, 6) is 5.33. The van der Waals surface area contributed by atoms with Crippen LogP contribution in [-0.2, 0) is 26.2 Å². The van der Waals surface area contributed by atoms with E-state index in [0.717, 1.165) is 45.7 Å². The predicted octanol–water partition coefficient (Wildman–Crippen LogP) is 16.6. The zero-order chi connectivity index (χ0) is 63.1. The van der Waals surface area contributed by atoms with Crippen LogP contribution in [0.25, 0.3) is 112 Å². The fraction of sp³-hybridized carbons (Fsp3) is 0.140. The average molecular weight is 1390 g/mol. The Balaban J connectivity index is 0.000000176. The van der Waals surface area contributed by atoms with Crippen molar-refractivity contribution in [2.24, 2.45) is 0 Å². The van der Waals surface area contributed by atoms with E-state index in [4.69, 9.17) is 17.7 Å². The molecule has 0 amide bonds. The zero-order valence-corrected chi connectivity index (χ0v) is 61.1. The topological polar surface area (TPSA) is 52.6 Å². The minimum Gasteiger partial charge on any atom is -1.00 e. The summed E-state index contributed by atoms with van der Waals surface area (Å²) < 4.78 is 25.3. The molecule has 2 aliphatic rings. The molecule has 0 saturated heterocycles. The van der Waals surface area contributed by atoms with E-state index in [1.807, 2.05) is 26.0 Å². The molecule has 2 unspecified atom stereocenters. The summed E-state index contributed by atoms with van der Waals surface area (Å²) in [7, 11) is -1.45. The predicted molar refractivity (Wildman–Crippen MR) is 389 cm³/mol. The van der Waals surface area contributed by atoms with Gasteiger partial charge in [0, 0.05) is 11.8 Å². The molecule has 9 heteroatoms. The van der Waals surface area contributed by atoms with Gasteiger partial charge in [0.1, 0.15) is 23.0 Å². The Hall–Kier alpha value is -8.52. The smallest absolute Gasteiger partial charge is 1.00 e. The second-order valence-corrected chi connectivity index (χ2v) is 30.6. The van der Waals surface area contributed by atoms with Crippen LogP contribution in [0, 0.1) is 41.5 Å². The molecule has 0 bridgehead atoms. The molecule has 16 rings (SSSR count). The molecule has 2 aliphatic carbocycles. The van der Waals surface area contributed by atoms with Crippen LogP contribution in [0.2, 0.25) is 26.2 Å². The van der Waals surface area contributed by atoms with Gasteiger partial charge < -0.3 is 42.5 Å². The van der Waals surface area contributed by atoms with Crippen LogP contribution in [0.15, 0.2) is 249 Å². The van der Waals surface area contributed by atoms with Crippen molar-refractivity contribution in [3.8, 4) is 67.2 Å². The van der Waals surface area contributed by atoms with Crippen molar-refractivity contribution in [2.45, 2.75) is 79.6 Å². The molecule has 0 spiro atoms. The summed E-state index contributed by atoms with van der Waals surface area (Å²) in [6, 6.07) is 79.0. The fourth-order valence-electron chi connectivity index (χ4n) is 15.3. The van der Waals surface area contributed by atoms with E-state index in [1.54, 1.807) is 12.5 Å². The minimum absolute atomic E-state index is 0. The zero-order valence-electron chi connectivity index (χ0n) is 55.1. The first-order chi connectivity index (χ1) is 44.8.